The summed E-state index contributed by atoms with van der Waals surface area (Å²) in [5, 5.41) is 9.18. The highest BCUT2D eigenvalue weighted by molar-refractivity contribution is 5.91. The number of hydrogen-bond donors (Lipinski definition) is 1. The Morgan fingerprint density at radius 1 is 0.947 bits per heavy atom. The van der Waals surface area contributed by atoms with Crippen molar-refractivity contribution in [2.24, 2.45) is 0 Å². The van der Waals surface area contributed by atoms with Crippen molar-refractivity contribution in [2.45, 2.75) is 20.8 Å². The van der Waals surface area contributed by atoms with Crippen molar-refractivity contribution in [2.75, 3.05) is 0 Å². The Hall–Kier alpha value is -2.29. The van der Waals surface area contributed by atoms with Gasteiger partial charge in [-0.05, 0) is 55.7 Å². The Morgan fingerprint density at radius 2 is 1.53 bits per heavy atom. The van der Waals surface area contributed by atoms with Crippen molar-refractivity contribution in [1.82, 2.24) is 0 Å². The third-order valence-corrected chi connectivity index (χ3v) is 2.93. The fourth-order valence-electron chi connectivity index (χ4n) is 1.83. The van der Waals surface area contributed by atoms with Gasteiger partial charge >= 0.3 is 5.97 Å². The molecule has 3 heteroatoms. The van der Waals surface area contributed by atoms with E-state index in [2.05, 4.69) is 0 Å². The van der Waals surface area contributed by atoms with Gasteiger partial charge < -0.3 is 9.84 Å². The monoisotopic (exact) mass is 256 g/mol. The third-order valence-electron chi connectivity index (χ3n) is 2.93. The Balaban J connectivity index is 2.45. The second-order valence-electron chi connectivity index (χ2n) is 4.68. The molecule has 19 heavy (non-hydrogen) atoms. The molecular formula is C16H16O3. The van der Waals surface area contributed by atoms with Gasteiger partial charge in [0, 0.05) is 0 Å². The minimum atomic E-state index is -0.986. The maximum Gasteiger partial charge on any atom is 0.339 e. The zero-order valence-corrected chi connectivity index (χ0v) is 11.2. The minimum Gasteiger partial charge on any atom is -0.478 e. The molecule has 0 saturated heterocycles. The number of carboxylic acid groups (broad SMARTS) is 1. The van der Waals surface area contributed by atoms with E-state index in [1.807, 2.05) is 39.0 Å². The van der Waals surface area contributed by atoms with Gasteiger partial charge in [0.15, 0.2) is 0 Å². The van der Waals surface area contributed by atoms with Crippen LogP contribution in [0.2, 0.25) is 0 Å². The van der Waals surface area contributed by atoms with Gasteiger partial charge in [0.25, 0.3) is 0 Å². The zero-order chi connectivity index (χ0) is 14.0. The van der Waals surface area contributed by atoms with Crippen LogP contribution in [-0.4, -0.2) is 11.1 Å². The van der Waals surface area contributed by atoms with E-state index >= 15 is 0 Å². The first-order chi connectivity index (χ1) is 8.97. The molecule has 3 nitrogen and oxygen atoms in total. The molecule has 2 aromatic rings. The van der Waals surface area contributed by atoms with Gasteiger partial charge in [-0.2, -0.15) is 0 Å². The van der Waals surface area contributed by atoms with Crippen LogP contribution in [0.4, 0.5) is 0 Å². The smallest absolute Gasteiger partial charge is 0.339 e. The van der Waals surface area contributed by atoms with Crippen LogP contribution in [0.3, 0.4) is 0 Å². The van der Waals surface area contributed by atoms with Gasteiger partial charge in [-0.15, -0.1) is 0 Å². The topological polar surface area (TPSA) is 46.5 Å². The molecule has 0 amide bonds. The average molecular weight is 256 g/mol. The van der Waals surface area contributed by atoms with E-state index in [-0.39, 0.29) is 5.56 Å². The number of aryl methyl sites for hydroxylation is 3. The summed E-state index contributed by atoms with van der Waals surface area (Å²) >= 11 is 0. The Labute approximate surface area is 112 Å². The number of rotatable bonds is 3. The highest BCUT2D eigenvalue weighted by Crippen LogP contribution is 2.29. The fourth-order valence-corrected chi connectivity index (χ4v) is 1.83. The molecule has 0 fully saturated rings. The average Bonchev–Trinajstić information content (AvgIpc) is 2.33. The normalized spacial score (nSPS) is 10.3. The molecule has 2 aromatic carbocycles. The van der Waals surface area contributed by atoms with Gasteiger partial charge in [-0.25, -0.2) is 4.79 Å². The summed E-state index contributed by atoms with van der Waals surface area (Å²) < 4.78 is 5.78. The molecule has 2 rings (SSSR count). The molecule has 0 atom stereocenters. The highest BCUT2D eigenvalue weighted by atomic mass is 16.5. The van der Waals surface area contributed by atoms with Crippen molar-refractivity contribution in [3.05, 3.63) is 58.7 Å². The Kier molecular flexibility index (Phi) is 3.56. The molecule has 0 unspecified atom stereocenters. The predicted octanol–water partition coefficient (Wildman–Crippen LogP) is 4.10. The zero-order valence-electron chi connectivity index (χ0n) is 11.2. The molecule has 0 aliphatic carbocycles. The van der Waals surface area contributed by atoms with E-state index in [1.54, 1.807) is 18.2 Å². The molecule has 0 radical (unpaired) electrons. The van der Waals surface area contributed by atoms with E-state index in [1.165, 1.54) is 0 Å². The van der Waals surface area contributed by atoms with Crippen LogP contribution in [0.25, 0.3) is 0 Å². The largest absolute Gasteiger partial charge is 0.478 e. The SMILES string of the molecule is Cc1ccc(C)c(Oc2cc(C)ccc2C(=O)O)c1. The summed E-state index contributed by atoms with van der Waals surface area (Å²) in [4.78, 5) is 11.2. The molecular weight excluding hydrogens is 240 g/mol. The number of hydrogen-bond acceptors (Lipinski definition) is 2. The summed E-state index contributed by atoms with van der Waals surface area (Å²) in [7, 11) is 0. The van der Waals surface area contributed by atoms with Crippen LogP contribution < -0.4 is 4.74 Å². The number of ether oxygens (including phenoxy) is 1. The van der Waals surface area contributed by atoms with E-state index in [9.17, 15) is 9.90 Å². The maximum atomic E-state index is 11.2. The minimum absolute atomic E-state index is 0.173. The predicted molar refractivity (Wildman–Crippen MR) is 74.1 cm³/mol. The lowest BCUT2D eigenvalue weighted by atomic mass is 10.1. The molecule has 0 saturated carbocycles. The molecule has 0 heterocycles. The number of carboxylic acids is 1. The summed E-state index contributed by atoms with van der Waals surface area (Å²) in [5.74, 6) is 0.0783. The van der Waals surface area contributed by atoms with Gasteiger partial charge in [0.2, 0.25) is 0 Å². The van der Waals surface area contributed by atoms with Gasteiger partial charge in [0.05, 0.1) is 0 Å². The summed E-state index contributed by atoms with van der Waals surface area (Å²) in [6.45, 7) is 5.81. The first-order valence-electron chi connectivity index (χ1n) is 6.06. The third kappa shape index (κ3) is 2.94. The molecule has 1 N–H and O–H groups in total. The first kappa shape index (κ1) is 13.1. The van der Waals surface area contributed by atoms with E-state index in [4.69, 9.17) is 4.74 Å². The quantitative estimate of drug-likeness (QED) is 0.899. The molecule has 0 aromatic heterocycles. The molecule has 0 aliphatic heterocycles. The Bertz CT molecular complexity index is 630. The fraction of sp³-hybridized carbons (Fsp3) is 0.188. The van der Waals surface area contributed by atoms with Crippen molar-refractivity contribution < 1.29 is 14.6 Å². The van der Waals surface area contributed by atoms with Gasteiger partial charge in [-0.3, -0.25) is 0 Å². The van der Waals surface area contributed by atoms with Crippen LogP contribution in [0.5, 0.6) is 11.5 Å². The van der Waals surface area contributed by atoms with Crippen LogP contribution in [0, 0.1) is 20.8 Å². The number of benzene rings is 2. The van der Waals surface area contributed by atoms with Crippen LogP contribution in [0.15, 0.2) is 36.4 Å². The van der Waals surface area contributed by atoms with Crippen molar-refractivity contribution >= 4 is 5.97 Å². The Morgan fingerprint density at radius 3 is 2.16 bits per heavy atom. The maximum absolute atomic E-state index is 11.2. The van der Waals surface area contributed by atoms with E-state index in [0.717, 1.165) is 16.7 Å². The molecule has 0 spiro atoms. The summed E-state index contributed by atoms with van der Waals surface area (Å²) in [6.07, 6.45) is 0. The van der Waals surface area contributed by atoms with Gasteiger partial charge in [0.1, 0.15) is 17.1 Å². The lowest BCUT2D eigenvalue weighted by Gasteiger charge is -2.12. The van der Waals surface area contributed by atoms with Crippen molar-refractivity contribution in [3.8, 4) is 11.5 Å². The molecule has 0 bridgehead atoms. The van der Waals surface area contributed by atoms with Crippen LogP contribution in [0.1, 0.15) is 27.0 Å². The van der Waals surface area contributed by atoms with Crippen molar-refractivity contribution in [3.63, 3.8) is 0 Å². The summed E-state index contributed by atoms with van der Waals surface area (Å²) in [6, 6.07) is 10.9. The number of aromatic carboxylic acids is 1. The van der Waals surface area contributed by atoms with Gasteiger partial charge in [-0.1, -0.05) is 18.2 Å². The molecule has 0 aliphatic rings. The molecule has 98 valence electrons. The van der Waals surface area contributed by atoms with E-state index in [0.29, 0.717) is 11.5 Å². The standard InChI is InChI=1S/C16H16O3/c1-10-4-6-12(3)14(8-10)19-15-9-11(2)5-7-13(15)16(17)18/h4-9H,1-3H3,(H,17,18). The highest BCUT2D eigenvalue weighted by Gasteiger charge is 2.13. The van der Waals surface area contributed by atoms with Crippen LogP contribution >= 0.6 is 0 Å². The number of carbonyl (C=O) groups is 1. The van der Waals surface area contributed by atoms with Crippen molar-refractivity contribution in [1.29, 1.82) is 0 Å². The second-order valence-corrected chi connectivity index (χ2v) is 4.68. The lowest BCUT2D eigenvalue weighted by Crippen LogP contribution is -2.01. The first-order valence-corrected chi connectivity index (χ1v) is 6.06. The lowest BCUT2D eigenvalue weighted by molar-refractivity contribution is 0.0694. The second kappa shape index (κ2) is 5.14. The van der Waals surface area contributed by atoms with Crippen LogP contribution in [-0.2, 0) is 0 Å². The van der Waals surface area contributed by atoms with E-state index < -0.39 is 5.97 Å². The summed E-state index contributed by atoms with van der Waals surface area (Å²) in [5.41, 5.74) is 3.19.